The molecule has 0 aromatic heterocycles. The largest absolute Gasteiger partial charge is 0.203 e. The van der Waals surface area contributed by atoms with Crippen molar-refractivity contribution in [2.24, 2.45) is 23.7 Å². The first-order chi connectivity index (χ1) is 15.5. The van der Waals surface area contributed by atoms with E-state index in [9.17, 15) is 0 Å². The highest BCUT2D eigenvalue weighted by molar-refractivity contribution is 5.34. The third-order valence-corrected chi connectivity index (χ3v) is 8.59. The van der Waals surface area contributed by atoms with E-state index in [1.807, 2.05) is 12.1 Å². The van der Waals surface area contributed by atoms with Gasteiger partial charge in [0, 0.05) is 5.92 Å². The molecule has 0 heterocycles. The second kappa shape index (κ2) is 11.1. The highest BCUT2D eigenvalue weighted by atomic mass is 19.2. The molecule has 2 unspecified atom stereocenters. The minimum Gasteiger partial charge on any atom is -0.203 e. The molecule has 32 heavy (non-hydrogen) atoms. The fraction of sp³-hybridized carbons (Fsp3) is 0.667. The summed E-state index contributed by atoms with van der Waals surface area (Å²) < 4.78 is 30.2. The quantitative estimate of drug-likeness (QED) is 0.386. The predicted octanol–water partition coefficient (Wildman–Crippen LogP) is 9.47. The van der Waals surface area contributed by atoms with Gasteiger partial charge in [0.2, 0.25) is 0 Å². The lowest BCUT2D eigenvalue weighted by molar-refractivity contribution is 0.326. The molecule has 1 aromatic rings. The third kappa shape index (κ3) is 5.72. The summed E-state index contributed by atoms with van der Waals surface area (Å²) in [5.41, 5.74) is 1.16. The molecule has 176 valence electrons. The standard InChI is InChI=1S/C30H42F2/c1-3-4-22-11-15-25(16-12-22)27-19-20-28(30(32)29(27)31)26-17-13-24(14-18-26)10-9-23-7-5-21(2)6-8-23/h9-11,15,19-26H,3-8,12-14,16-18H2,1-2H3/b10-9+. The van der Waals surface area contributed by atoms with Crippen LogP contribution in [0.5, 0.6) is 0 Å². The number of halogens is 2. The minimum absolute atomic E-state index is 0.0234. The first-order valence-corrected chi connectivity index (χ1v) is 13.4. The van der Waals surface area contributed by atoms with E-state index in [0.717, 1.165) is 50.4 Å². The molecule has 0 aliphatic heterocycles. The van der Waals surface area contributed by atoms with Gasteiger partial charge in [-0.3, -0.25) is 0 Å². The lowest BCUT2D eigenvalue weighted by atomic mass is 9.76. The zero-order chi connectivity index (χ0) is 22.5. The summed E-state index contributed by atoms with van der Waals surface area (Å²) >= 11 is 0. The van der Waals surface area contributed by atoms with Gasteiger partial charge in [-0.1, -0.05) is 69.5 Å². The van der Waals surface area contributed by atoms with E-state index in [0.29, 0.717) is 23.0 Å². The van der Waals surface area contributed by atoms with Gasteiger partial charge >= 0.3 is 0 Å². The van der Waals surface area contributed by atoms with E-state index in [2.05, 4.69) is 38.2 Å². The lowest BCUT2D eigenvalue weighted by Gasteiger charge is -2.29. The third-order valence-electron chi connectivity index (χ3n) is 8.59. The van der Waals surface area contributed by atoms with Gasteiger partial charge in [0.1, 0.15) is 0 Å². The van der Waals surface area contributed by atoms with Crippen molar-refractivity contribution in [3.63, 3.8) is 0 Å². The maximum Gasteiger partial charge on any atom is 0.162 e. The molecule has 2 atom stereocenters. The molecular formula is C30H42F2. The van der Waals surface area contributed by atoms with Crippen molar-refractivity contribution in [2.45, 2.75) is 103 Å². The monoisotopic (exact) mass is 440 g/mol. The van der Waals surface area contributed by atoms with E-state index in [4.69, 9.17) is 0 Å². The second-order valence-corrected chi connectivity index (χ2v) is 11.0. The Balaban J connectivity index is 1.34. The smallest absolute Gasteiger partial charge is 0.162 e. The zero-order valence-electron chi connectivity index (χ0n) is 20.2. The van der Waals surface area contributed by atoms with Crippen LogP contribution in [0.1, 0.15) is 114 Å². The van der Waals surface area contributed by atoms with E-state index < -0.39 is 11.6 Å². The van der Waals surface area contributed by atoms with Gasteiger partial charge in [-0.15, -0.1) is 0 Å². The number of rotatable bonds is 6. The lowest BCUT2D eigenvalue weighted by Crippen LogP contribution is -2.16. The van der Waals surface area contributed by atoms with Crippen molar-refractivity contribution in [2.75, 3.05) is 0 Å². The first kappa shape index (κ1) is 23.7. The molecule has 0 spiro atoms. The van der Waals surface area contributed by atoms with Crippen LogP contribution in [0, 0.1) is 35.3 Å². The number of hydrogen-bond acceptors (Lipinski definition) is 0. The van der Waals surface area contributed by atoms with Gasteiger partial charge in [-0.2, -0.15) is 0 Å². The molecule has 0 radical (unpaired) electrons. The second-order valence-electron chi connectivity index (χ2n) is 11.0. The van der Waals surface area contributed by atoms with Gasteiger partial charge < -0.3 is 0 Å². The number of allylic oxidation sites excluding steroid dienone is 4. The minimum atomic E-state index is -0.598. The molecule has 4 rings (SSSR count). The fourth-order valence-corrected chi connectivity index (χ4v) is 6.34. The average Bonchev–Trinajstić information content (AvgIpc) is 2.82. The van der Waals surface area contributed by atoms with Crippen LogP contribution in [-0.4, -0.2) is 0 Å². The molecular weight excluding hydrogens is 398 g/mol. The molecule has 2 heteroatoms. The van der Waals surface area contributed by atoms with Gasteiger partial charge in [0.15, 0.2) is 11.6 Å². The molecule has 0 N–H and O–H groups in total. The maximum absolute atomic E-state index is 15.1. The Morgan fingerprint density at radius 2 is 1.34 bits per heavy atom. The molecule has 0 amide bonds. The summed E-state index contributed by atoms with van der Waals surface area (Å²) in [6.45, 7) is 4.57. The van der Waals surface area contributed by atoms with Crippen LogP contribution in [0.15, 0.2) is 36.4 Å². The molecule has 3 aliphatic carbocycles. The van der Waals surface area contributed by atoms with Crippen molar-refractivity contribution in [1.29, 1.82) is 0 Å². The van der Waals surface area contributed by atoms with Crippen molar-refractivity contribution >= 4 is 0 Å². The van der Waals surface area contributed by atoms with Crippen molar-refractivity contribution in [3.8, 4) is 0 Å². The summed E-state index contributed by atoms with van der Waals surface area (Å²) in [5, 5.41) is 0. The van der Waals surface area contributed by atoms with Crippen molar-refractivity contribution in [3.05, 3.63) is 59.2 Å². The van der Waals surface area contributed by atoms with Crippen LogP contribution in [0.3, 0.4) is 0 Å². The summed E-state index contributed by atoms with van der Waals surface area (Å²) in [6, 6.07) is 3.77. The number of benzene rings is 1. The molecule has 0 saturated heterocycles. The molecule has 0 nitrogen and oxygen atoms in total. The average molecular weight is 441 g/mol. The van der Waals surface area contributed by atoms with Crippen molar-refractivity contribution in [1.82, 2.24) is 0 Å². The fourth-order valence-electron chi connectivity index (χ4n) is 6.34. The molecule has 2 fully saturated rings. The zero-order valence-corrected chi connectivity index (χ0v) is 20.2. The van der Waals surface area contributed by atoms with Gasteiger partial charge in [-0.25, -0.2) is 8.78 Å². The van der Waals surface area contributed by atoms with Crippen molar-refractivity contribution < 1.29 is 8.78 Å². The van der Waals surface area contributed by atoms with E-state index in [-0.39, 0.29) is 11.8 Å². The van der Waals surface area contributed by atoms with E-state index in [1.165, 1.54) is 38.5 Å². The summed E-state index contributed by atoms with van der Waals surface area (Å²) in [7, 11) is 0. The van der Waals surface area contributed by atoms with Crippen LogP contribution >= 0.6 is 0 Å². The first-order valence-electron chi connectivity index (χ1n) is 13.4. The van der Waals surface area contributed by atoms with Crippen LogP contribution < -0.4 is 0 Å². The van der Waals surface area contributed by atoms with Crippen LogP contribution in [0.25, 0.3) is 0 Å². The van der Waals surface area contributed by atoms with Gasteiger partial charge in [-0.05, 0) is 98.5 Å². The highest BCUT2D eigenvalue weighted by Crippen LogP contribution is 2.41. The topological polar surface area (TPSA) is 0 Å². The highest BCUT2D eigenvalue weighted by Gasteiger charge is 2.28. The SMILES string of the molecule is CCCC1C=CC(c2ccc(C3CCC(/C=C/C4CCC(C)CC4)CC3)c(F)c2F)CC1. The predicted molar refractivity (Wildman–Crippen MR) is 131 cm³/mol. The Hall–Kier alpha value is -1.44. The van der Waals surface area contributed by atoms with E-state index in [1.54, 1.807) is 0 Å². The summed E-state index contributed by atoms with van der Waals surface area (Å²) in [5.74, 6) is 1.87. The van der Waals surface area contributed by atoms with Crippen LogP contribution in [-0.2, 0) is 0 Å². The van der Waals surface area contributed by atoms with Gasteiger partial charge in [0.05, 0.1) is 0 Å². The Morgan fingerprint density at radius 3 is 1.94 bits per heavy atom. The Morgan fingerprint density at radius 1 is 0.750 bits per heavy atom. The summed E-state index contributed by atoms with van der Waals surface area (Å²) in [4.78, 5) is 0. The Kier molecular flexibility index (Phi) is 8.24. The normalized spacial score (nSPS) is 33.6. The molecule has 1 aromatic carbocycles. The van der Waals surface area contributed by atoms with Crippen LogP contribution in [0.2, 0.25) is 0 Å². The van der Waals surface area contributed by atoms with Crippen LogP contribution in [0.4, 0.5) is 8.78 Å². The Bertz CT molecular complexity index is 791. The van der Waals surface area contributed by atoms with E-state index >= 15 is 8.78 Å². The Labute approximate surface area is 194 Å². The molecule has 2 saturated carbocycles. The summed E-state index contributed by atoms with van der Waals surface area (Å²) in [6.07, 6.45) is 23.1. The molecule has 3 aliphatic rings. The molecule has 0 bridgehead atoms. The number of hydrogen-bond donors (Lipinski definition) is 0. The van der Waals surface area contributed by atoms with Gasteiger partial charge in [0.25, 0.3) is 0 Å². The maximum atomic E-state index is 15.1.